The number of phenols is 2. The third kappa shape index (κ3) is 20.1. The van der Waals surface area contributed by atoms with E-state index in [0.29, 0.717) is 53.3 Å². The van der Waals surface area contributed by atoms with E-state index >= 15 is 0 Å². The van der Waals surface area contributed by atoms with Crippen LogP contribution in [0.4, 0.5) is 11.4 Å². The van der Waals surface area contributed by atoms with Crippen LogP contribution in [0.3, 0.4) is 0 Å². The molecule has 10 nitrogen and oxygen atoms in total. The predicted molar refractivity (Wildman–Crippen MR) is 295 cm³/mol. The number of esters is 2. The molecule has 0 aliphatic heterocycles. The predicted octanol–water partition coefficient (Wildman–Crippen LogP) is 16.4. The van der Waals surface area contributed by atoms with Crippen LogP contribution in [0.15, 0.2) is 143 Å². The molecule has 384 valence electrons. The van der Waals surface area contributed by atoms with Gasteiger partial charge in [-0.2, -0.15) is 0 Å². The minimum atomic E-state index is -0.527. The van der Waals surface area contributed by atoms with Gasteiger partial charge < -0.3 is 29.2 Å². The van der Waals surface area contributed by atoms with Gasteiger partial charge in [-0.25, -0.2) is 9.59 Å². The number of aliphatic imine (C=N–C) groups is 2. The fourth-order valence-corrected chi connectivity index (χ4v) is 8.23. The Labute approximate surface area is 433 Å². The highest BCUT2D eigenvalue weighted by atomic mass is 16.5. The van der Waals surface area contributed by atoms with Crippen LogP contribution in [0.5, 0.6) is 34.5 Å². The molecule has 6 aromatic rings. The van der Waals surface area contributed by atoms with Crippen LogP contribution in [0.2, 0.25) is 0 Å². The van der Waals surface area contributed by atoms with E-state index in [1.165, 1.54) is 102 Å². The molecule has 0 heterocycles. The van der Waals surface area contributed by atoms with E-state index in [0.717, 1.165) is 48.3 Å². The Morgan fingerprint density at radius 2 is 0.740 bits per heavy atom. The zero-order chi connectivity index (χ0) is 51.3. The van der Waals surface area contributed by atoms with Gasteiger partial charge in [0.2, 0.25) is 0 Å². The Hall–Kier alpha value is -7.20. The molecule has 0 saturated carbocycles. The number of rotatable bonds is 32. The monoisotopic (exact) mass is 987 g/mol. The maximum atomic E-state index is 12.8. The van der Waals surface area contributed by atoms with Gasteiger partial charge in [0.25, 0.3) is 0 Å². The summed E-state index contributed by atoms with van der Waals surface area (Å²) in [6, 6.07) is 38.9. The molecule has 0 fully saturated rings. The molecule has 0 bridgehead atoms. The van der Waals surface area contributed by atoms with E-state index < -0.39 is 11.9 Å². The van der Waals surface area contributed by atoms with E-state index in [4.69, 9.17) is 18.9 Å². The summed E-state index contributed by atoms with van der Waals surface area (Å²) >= 11 is 0. The molecule has 0 spiro atoms. The van der Waals surface area contributed by atoms with Crippen molar-refractivity contribution >= 4 is 35.7 Å². The maximum absolute atomic E-state index is 12.8. The summed E-state index contributed by atoms with van der Waals surface area (Å²) in [5.41, 5.74) is 5.36. The van der Waals surface area contributed by atoms with Crippen LogP contribution < -0.4 is 18.9 Å². The third-order valence-corrected chi connectivity index (χ3v) is 12.6. The average Bonchev–Trinajstić information content (AvgIpc) is 3.40. The number of nitrogens with zero attached hydrogens (tertiary/aromatic N) is 2. The first kappa shape index (κ1) is 55.1. The number of aromatic hydroxyl groups is 2. The molecule has 0 unspecified atom stereocenters. The molecule has 0 saturated heterocycles. The molecule has 0 amide bonds. The van der Waals surface area contributed by atoms with Crippen LogP contribution >= 0.6 is 0 Å². The van der Waals surface area contributed by atoms with Gasteiger partial charge in [0.05, 0.1) is 35.7 Å². The lowest BCUT2D eigenvalue weighted by molar-refractivity contribution is 0.0724. The molecule has 73 heavy (non-hydrogen) atoms. The number of unbranched alkanes of at least 4 members (excludes halogenated alkanes) is 16. The smallest absolute Gasteiger partial charge is 0.343 e. The zero-order valence-electron chi connectivity index (χ0n) is 42.9. The molecule has 0 atom stereocenters. The van der Waals surface area contributed by atoms with Gasteiger partial charge in [-0.3, -0.25) is 9.98 Å². The number of hydrogen-bond acceptors (Lipinski definition) is 10. The van der Waals surface area contributed by atoms with Crippen molar-refractivity contribution in [1.29, 1.82) is 0 Å². The molecule has 0 aliphatic rings. The lowest BCUT2D eigenvalue weighted by atomic mass is 10.0. The number of phenolic OH excluding ortho intramolecular Hbond substituents is 2. The SMILES string of the molecule is CCCCCCCCCCCOc1ccc(C(=O)Oc2ccc(C=Nc3ccc(Cc4ccc(N=Cc5ccc(OC(=O)c6ccc(OCCCCCCCCCCC)cc6)cc5O)cc4)cc3)c(O)c2)cc1. The molecule has 0 aromatic heterocycles. The number of benzene rings is 6. The molecule has 6 rings (SSSR count). The van der Waals surface area contributed by atoms with Gasteiger partial charge in [0, 0.05) is 35.7 Å². The van der Waals surface area contributed by atoms with Gasteiger partial charge in [0.1, 0.15) is 34.5 Å². The Morgan fingerprint density at radius 3 is 1.08 bits per heavy atom. The van der Waals surface area contributed by atoms with Crippen LogP contribution in [-0.2, 0) is 6.42 Å². The molecular weight excluding hydrogens is 913 g/mol. The molecule has 2 N–H and O–H groups in total. The van der Waals surface area contributed by atoms with E-state index in [9.17, 15) is 19.8 Å². The summed E-state index contributed by atoms with van der Waals surface area (Å²) in [4.78, 5) is 34.7. The fraction of sp³-hybridized carbons (Fsp3) is 0.365. The fourth-order valence-electron chi connectivity index (χ4n) is 8.23. The van der Waals surface area contributed by atoms with Crippen molar-refractivity contribution in [3.63, 3.8) is 0 Å². The Bertz CT molecular complexity index is 2440. The third-order valence-electron chi connectivity index (χ3n) is 12.6. The second-order valence-corrected chi connectivity index (χ2v) is 18.6. The second-order valence-electron chi connectivity index (χ2n) is 18.6. The second kappa shape index (κ2) is 31.3. The van der Waals surface area contributed by atoms with Crippen molar-refractivity contribution in [2.45, 2.75) is 136 Å². The Balaban J connectivity index is 0.879. The molecule has 0 radical (unpaired) electrons. The summed E-state index contributed by atoms with van der Waals surface area (Å²) in [6.45, 7) is 5.79. The number of hydrogen-bond donors (Lipinski definition) is 2. The van der Waals surface area contributed by atoms with E-state index in [1.807, 2.05) is 48.5 Å². The minimum absolute atomic E-state index is 0.0607. The first-order valence-electron chi connectivity index (χ1n) is 26.6. The average molecular weight is 987 g/mol. The van der Waals surface area contributed by atoms with Crippen molar-refractivity contribution < 1.29 is 38.7 Å². The summed E-state index contributed by atoms with van der Waals surface area (Å²) in [5.74, 6) is 0.712. The molecule has 6 aromatic carbocycles. The summed E-state index contributed by atoms with van der Waals surface area (Å²) < 4.78 is 22.8. The van der Waals surface area contributed by atoms with Crippen molar-refractivity contribution in [2.75, 3.05) is 13.2 Å². The minimum Gasteiger partial charge on any atom is -0.507 e. The zero-order valence-corrected chi connectivity index (χ0v) is 42.9. The first-order chi connectivity index (χ1) is 35.8. The lowest BCUT2D eigenvalue weighted by Crippen LogP contribution is -2.08. The topological polar surface area (TPSA) is 136 Å². The van der Waals surface area contributed by atoms with Crippen molar-refractivity contribution in [3.8, 4) is 34.5 Å². The quantitative estimate of drug-likeness (QED) is 0.0185. The summed E-state index contributed by atoms with van der Waals surface area (Å²) in [7, 11) is 0. The van der Waals surface area contributed by atoms with Gasteiger partial charge >= 0.3 is 11.9 Å². The van der Waals surface area contributed by atoms with Crippen molar-refractivity contribution in [3.05, 3.63) is 167 Å². The Kier molecular flexibility index (Phi) is 23.6. The summed E-state index contributed by atoms with van der Waals surface area (Å²) in [5, 5.41) is 21.4. The standard InChI is InChI=1S/C63H74N2O8/c1-3-5-7-9-11-13-15-17-19-41-70-56-35-25-50(26-36-56)62(68)72-58-39-29-52(60(66)44-58)46-64-54-31-21-48(22-32-54)43-49-23-33-55(34-24-49)65-47-53-30-40-59(45-61(53)67)73-63(69)51-27-37-57(38-28-51)71-42-20-18-16-14-12-10-8-6-4-2/h21-40,44-47,66-67H,3-20,41-43H2,1-2H3. The van der Waals surface area contributed by atoms with Crippen LogP contribution in [0.1, 0.15) is 172 Å². The molecule has 10 heteroatoms. The highest BCUT2D eigenvalue weighted by Gasteiger charge is 2.13. The molecule has 0 aliphatic carbocycles. The number of carbonyl (C=O) groups is 2. The van der Waals surface area contributed by atoms with Gasteiger partial charge in [-0.15, -0.1) is 0 Å². The summed E-state index contributed by atoms with van der Waals surface area (Å²) in [6.07, 6.45) is 26.5. The first-order valence-corrected chi connectivity index (χ1v) is 26.6. The molecular formula is C63H74N2O8. The van der Waals surface area contributed by atoms with Gasteiger partial charge in [-0.05, 0) is 127 Å². The van der Waals surface area contributed by atoms with Crippen LogP contribution in [0, 0.1) is 0 Å². The number of carbonyl (C=O) groups excluding carboxylic acids is 2. The van der Waals surface area contributed by atoms with E-state index in [1.54, 1.807) is 85.2 Å². The van der Waals surface area contributed by atoms with Crippen LogP contribution in [-0.4, -0.2) is 47.8 Å². The Morgan fingerprint density at radius 1 is 0.411 bits per heavy atom. The normalized spacial score (nSPS) is 11.3. The van der Waals surface area contributed by atoms with E-state index in [2.05, 4.69) is 23.8 Å². The maximum Gasteiger partial charge on any atom is 0.343 e. The van der Waals surface area contributed by atoms with E-state index in [-0.39, 0.29) is 23.0 Å². The van der Waals surface area contributed by atoms with Crippen molar-refractivity contribution in [2.24, 2.45) is 9.98 Å². The van der Waals surface area contributed by atoms with Gasteiger partial charge in [0.15, 0.2) is 0 Å². The highest BCUT2D eigenvalue weighted by Crippen LogP contribution is 2.27. The van der Waals surface area contributed by atoms with Gasteiger partial charge in [-0.1, -0.05) is 141 Å². The largest absolute Gasteiger partial charge is 0.507 e. The van der Waals surface area contributed by atoms with Crippen LogP contribution in [0.25, 0.3) is 0 Å². The highest BCUT2D eigenvalue weighted by molar-refractivity contribution is 5.92. The number of ether oxygens (including phenoxy) is 4. The van der Waals surface area contributed by atoms with Crippen molar-refractivity contribution in [1.82, 2.24) is 0 Å². The lowest BCUT2D eigenvalue weighted by Gasteiger charge is -2.08.